The van der Waals surface area contributed by atoms with E-state index in [2.05, 4.69) is 31.4 Å². The molecule has 1 aromatic heterocycles. The third-order valence-corrected chi connectivity index (χ3v) is 4.01. The summed E-state index contributed by atoms with van der Waals surface area (Å²) in [5.74, 6) is -1.83. The summed E-state index contributed by atoms with van der Waals surface area (Å²) in [4.78, 5) is 4.08. The van der Waals surface area contributed by atoms with Gasteiger partial charge in [-0.2, -0.15) is 4.98 Å². The molecule has 0 amide bonds. The molecule has 0 bridgehead atoms. The number of rotatable bonds is 2. The van der Waals surface area contributed by atoms with Crippen LogP contribution in [0.4, 0.5) is 8.78 Å². The van der Waals surface area contributed by atoms with Gasteiger partial charge in [0.05, 0.1) is 4.47 Å². The highest BCUT2D eigenvalue weighted by molar-refractivity contribution is 9.10. The van der Waals surface area contributed by atoms with E-state index in [1.807, 2.05) is 0 Å². The van der Waals surface area contributed by atoms with E-state index >= 15 is 0 Å². The summed E-state index contributed by atoms with van der Waals surface area (Å²) >= 11 is 2.96. The predicted octanol–water partition coefficient (Wildman–Crippen LogP) is 1.96. The van der Waals surface area contributed by atoms with Gasteiger partial charge in [-0.25, -0.2) is 8.78 Å². The number of hydrogen-bond donors (Lipinski definition) is 2. The summed E-state index contributed by atoms with van der Waals surface area (Å²) in [6, 6.07) is 2.32. The number of β-amino-alcohol motifs (C(OH)–C–C–N with tert-alkyl or cyclic N) is 1. The van der Waals surface area contributed by atoms with E-state index in [4.69, 9.17) is 4.52 Å². The van der Waals surface area contributed by atoms with Gasteiger partial charge in [-0.15, -0.1) is 0 Å². The minimum atomic E-state index is -1.21. The van der Waals surface area contributed by atoms with Crippen molar-refractivity contribution in [1.82, 2.24) is 15.5 Å². The van der Waals surface area contributed by atoms with Crippen molar-refractivity contribution in [2.75, 3.05) is 13.1 Å². The fourth-order valence-electron chi connectivity index (χ4n) is 2.08. The van der Waals surface area contributed by atoms with E-state index in [9.17, 15) is 13.9 Å². The van der Waals surface area contributed by atoms with Gasteiger partial charge in [-0.3, -0.25) is 0 Å². The van der Waals surface area contributed by atoms with Gasteiger partial charge in [0, 0.05) is 12.1 Å². The molecule has 3 rings (SSSR count). The number of benzene rings is 1. The van der Waals surface area contributed by atoms with Crippen LogP contribution >= 0.6 is 15.9 Å². The smallest absolute Gasteiger partial charge is 0.260 e. The van der Waals surface area contributed by atoms with Crippen molar-refractivity contribution in [2.45, 2.75) is 12.0 Å². The number of nitrogens with zero attached hydrogens (tertiary/aromatic N) is 2. The number of aliphatic hydroxyl groups is 1. The Kier molecular flexibility index (Phi) is 3.31. The first-order valence-corrected chi connectivity index (χ1v) is 6.72. The fourth-order valence-corrected chi connectivity index (χ4v) is 2.58. The molecule has 1 fully saturated rings. The van der Waals surface area contributed by atoms with Crippen LogP contribution in [0.15, 0.2) is 21.1 Å². The van der Waals surface area contributed by atoms with Crippen LogP contribution in [0, 0.1) is 11.6 Å². The SMILES string of the molecule is OC1(c2nc(-c3ccc(F)c(F)c3Br)no2)CCNC1. The van der Waals surface area contributed by atoms with Crippen molar-refractivity contribution < 1.29 is 18.4 Å². The number of hydrogen-bond acceptors (Lipinski definition) is 5. The Balaban J connectivity index is 2.00. The van der Waals surface area contributed by atoms with E-state index in [0.717, 1.165) is 6.07 Å². The lowest BCUT2D eigenvalue weighted by Crippen LogP contribution is -2.28. The molecule has 2 aromatic rings. The first-order valence-electron chi connectivity index (χ1n) is 5.92. The molecule has 1 atom stereocenters. The first-order chi connectivity index (χ1) is 9.51. The maximum Gasteiger partial charge on any atom is 0.260 e. The van der Waals surface area contributed by atoms with E-state index in [1.165, 1.54) is 6.07 Å². The van der Waals surface area contributed by atoms with Crippen molar-refractivity contribution in [3.8, 4) is 11.4 Å². The second-order valence-electron chi connectivity index (χ2n) is 4.60. The number of aromatic nitrogens is 2. The molecule has 1 aromatic carbocycles. The van der Waals surface area contributed by atoms with Crippen LogP contribution in [-0.4, -0.2) is 28.3 Å². The van der Waals surface area contributed by atoms with Gasteiger partial charge < -0.3 is 14.9 Å². The van der Waals surface area contributed by atoms with E-state index in [-0.39, 0.29) is 21.8 Å². The van der Waals surface area contributed by atoms with Gasteiger partial charge in [0.15, 0.2) is 17.2 Å². The van der Waals surface area contributed by atoms with Crippen LogP contribution in [-0.2, 0) is 5.60 Å². The van der Waals surface area contributed by atoms with Gasteiger partial charge in [-0.1, -0.05) is 5.16 Å². The Hall–Kier alpha value is -1.38. The zero-order chi connectivity index (χ0) is 14.3. The number of halogens is 3. The molecule has 5 nitrogen and oxygen atoms in total. The molecule has 0 aliphatic carbocycles. The van der Waals surface area contributed by atoms with Crippen LogP contribution in [0.25, 0.3) is 11.4 Å². The standard InChI is InChI=1S/C12H10BrF2N3O2/c13-8-6(1-2-7(14)9(8)15)10-17-11(20-18-10)12(19)3-4-16-5-12/h1-2,16,19H,3-5H2. The van der Waals surface area contributed by atoms with Crippen LogP contribution in [0.3, 0.4) is 0 Å². The third kappa shape index (κ3) is 2.13. The average Bonchev–Trinajstić information content (AvgIpc) is 3.06. The lowest BCUT2D eigenvalue weighted by Gasteiger charge is -2.14. The molecule has 0 spiro atoms. The molecule has 20 heavy (non-hydrogen) atoms. The molecule has 1 unspecified atom stereocenters. The van der Waals surface area contributed by atoms with Crippen LogP contribution in [0.5, 0.6) is 0 Å². The first kappa shape index (κ1) is 13.6. The minimum absolute atomic E-state index is 0.0640. The van der Waals surface area contributed by atoms with Crippen molar-refractivity contribution >= 4 is 15.9 Å². The lowest BCUT2D eigenvalue weighted by atomic mass is 10.0. The van der Waals surface area contributed by atoms with Crippen molar-refractivity contribution in [3.63, 3.8) is 0 Å². The summed E-state index contributed by atoms with van der Waals surface area (Å²) in [6.07, 6.45) is 0.452. The highest BCUT2D eigenvalue weighted by Crippen LogP contribution is 2.32. The molecule has 1 aliphatic rings. The van der Waals surface area contributed by atoms with Crippen molar-refractivity contribution in [1.29, 1.82) is 0 Å². The molecule has 1 aliphatic heterocycles. The molecule has 0 radical (unpaired) electrons. The molecule has 2 heterocycles. The van der Waals surface area contributed by atoms with Crippen LogP contribution in [0.2, 0.25) is 0 Å². The lowest BCUT2D eigenvalue weighted by molar-refractivity contribution is 0.0243. The molecule has 0 saturated carbocycles. The Labute approximate surface area is 121 Å². The Morgan fingerprint density at radius 3 is 2.90 bits per heavy atom. The molecule has 8 heteroatoms. The molecule has 2 N–H and O–H groups in total. The highest BCUT2D eigenvalue weighted by Gasteiger charge is 2.39. The van der Waals surface area contributed by atoms with Gasteiger partial charge >= 0.3 is 0 Å². The normalized spacial score (nSPS) is 22.4. The van der Waals surface area contributed by atoms with Gasteiger partial charge in [0.1, 0.15) is 0 Å². The summed E-state index contributed by atoms with van der Waals surface area (Å²) < 4.78 is 31.5. The maximum atomic E-state index is 13.5. The molecular weight excluding hydrogens is 336 g/mol. The monoisotopic (exact) mass is 345 g/mol. The van der Waals surface area contributed by atoms with Gasteiger partial charge in [0.2, 0.25) is 5.82 Å². The van der Waals surface area contributed by atoms with Crippen LogP contribution < -0.4 is 5.32 Å². The van der Waals surface area contributed by atoms with Crippen molar-refractivity contribution in [3.05, 3.63) is 34.1 Å². The zero-order valence-electron chi connectivity index (χ0n) is 10.2. The summed E-state index contributed by atoms with van der Waals surface area (Å²) in [7, 11) is 0. The fraction of sp³-hybridized carbons (Fsp3) is 0.333. The summed E-state index contributed by atoms with van der Waals surface area (Å²) in [6.45, 7) is 0.955. The van der Waals surface area contributed by atoms with E-state index < -0.39 is 17.2 Å². The van der Waals surface area contributed by atoms with E-state index in [1.54, 1.807) is 0 Å². The van der Waals surface area contributed by atoms with Crippen molar-refractivity contribution in [2.24, 2.45) is 0 Å². The quantitative estimate of drug-likeness (QED) is 0.814. The molecule has 106 valence electrons. The minimum Gasteiger partial charge on any atom is -0.379 e. The van der Waals surface area contributed by atoms with Gasteiger partial charge in [0.25, 0.3) is 5.89 Å². The highest BCUT2D eigenvalue weighted by atomic mass is 79.9. The second kappa shape index (κ2) is 4.87. The third-order valence-electron chi connectivity index (χ3n) is 3.23. The predicted molar refractivity (Wildman–Crippen MR) is 68.7 cm³/mol. The van der Waals surface area contributed by atoms with E-state index in [0.29, 0.717) is 19.5 Å². The molecular formula is C12H10BrF2N3O2. The Morgan fingerprint density at radius 1 is 1.40 bits per heavy atom. The largest absolute Gasteiger partial charge is 0.379 e. The maximum absolute atomic E-state index is 13.5. The second-order valence-corrected chi connectivity index (χ2v) is 5.40. The summed E-state index contributed by atoms with van der Waals surface area (Å²) in [5, 5.41) is 17.0. The molecule has 1 saturated heterocycles. The average molecular weight is 346 g/mol. The zero-order valence-corrected chi connectivity index (χ0v) is 11.7. The Morgan fingerprint density at radius 2 is 2.20 bits per heavy atom. The Bertz CT molecular complexity index is 656. The van der Waals surface area contributed by atoms with Crippen LogP contribution in [0.1, 0.15) is 12.3 Å². The van der Waals surface area contributed by atoms with Gasteiger partial charge in [-0.05, 0) is 41.0 Å². The summed E-state index contributed by atoms with van der Waals surface area (Å²) in [5.41, 5.74) is -0.954. The topological polar surface area (TPSA) is 71.2 Å². The number of nitrogens with one attached hydrogen (secondary N) is 1.